The van der Waals surface area contributed by atoms with Crippen LogP contribution in [0.2, 0.25) is 0 Å². The molecule has 4 rings (SSSR count). The number of benzene rings is 1. The van der Waals surface area contributed by atoms with Crippen LogP contribution >= 0.6 is 0 Å². The smallest absolute Gasteiger partial charge is 0.410 e. The first-order chi connectivity index (χ1) is 17.2. The lowest BCUT2D eigenvalue weighted by atomic mass is 10.1. The lowest BCUT2D eigenvalue weighted by Gasteiger charge is -2.35. The number of carbonyl (C=O) groups is 1. The minimum atomic E-state index is -0.474. The standard InChI is InChI=1S/C28H34N6O2/c1-20-23-10-11-31-25(23)9-8-24(20)32-26-21(18-30-19-22(26)17-29)7-5-6-12-33-13-15-34(16-14-33)27(35)36-28(2,3)4/h5,7-11,18-19,31H,6,12-16H2,1-4H3,(H,30,32)/b7-5+. The normalized spacial score (nSPS) is 14.8. The number of piperazine rings is 1. The molecule has 0 aliphatic carbocycles. The van der Waals surface area contributed by atoms with Crippen molar-refractivity contribution < 1.29 is 9.53 Å². The first kappa shape index (κ1) is 25.3. The molecule has 3 aromatic rings. The third kappa shape index (κ3) is 6.04. The van der Waals surface area contributed by atoms with Crippen LogP contribution in [0.15, 0.2) is 42.9 Å². The summed E-state index contributed by atoms with van der Waals surface area (Å²) in [6.07, 6.45) is 10.1. The van der Waals surface area contributed by atoms with Crippen molar-refractivity contribution in [1.82, 2.24) is 19.8 Å². The summed E-state index contributed by atoms with van der Waals surface area (Å²) in [5, 5.41) is 14.3. The van der Waals surface area contributed by atoms with Gasteiger partial charge in [0.2, 0.25) is 0 Å². The second-order valence-electron chi connectivity index (χ2n) is 10.1. The number of nitrogens with one attached hydrogen (secondary N) is 2. The SMILES string of the molecule is Cc1c(Nc2c(C#N)cncc2/C=C/CCN2CCN(C(=O)OC(C)(C)C)CC2)ccc2[nH]ccc12. The van der Waals surface area contributed by atoms with Gasteiger partial charge < -0.3 is 19.9 Å². The van der Waals surface area contributed by atoms with E-state index in [4.69, 9.17) is 4.74 Å². The van der Waals surface area contributed by atoms with Gasteiger partial charge in [0.25, 0.3) is 0 Å². The summed E-state index contributed by atoms with van der Waals surface area (Å²) in [7, 11) is 0. The fourth-order valence-electron chi connectivity index (χ4n) is 4.33. The first-order valence-corrected chi connectivity index (χ1v) is 12.3. The number of hydrogen-bond donors (Lipinski definition) is 2. The second-order valence-corrected chi connectivity index (χ2v) is 10.1. The number of nitriles is 1. The summed E-state index contributed by atoms with van der Waals surface area (Å²) in [5.41, 5.74) is 4.82. The Labute approximate surface area is 212 Å². The highest BCUT2D eigenvalue weighted by Crippen LogP contribution is 2.30. The van der Waals surface area contributed by atoms with E-state index in [1.165, 1.54) is 0 Å². The molecule has 0 spiro atoms. The third-order valence-corrected chi connectivity index (χ3v) is 6.29. The van der Waals surface area contributed by atoms with Crippen LogP contribution in [0.1, 0.15) is 43.9 Å². The van der Waals surface area contributed by atoms with Crippen LogP contribution in [0.25, 0.3) is 17.0 Å². The van der Waals surface area contributed by atoms with Crippen molar-refractivity contribution in [2.24, 2.45) is 0 Å². The fourth-order valence-corrected chi connectivity index (χ4v) is 4.33. The molecule has 8 nitrogen and oxygen atoms in total. The average Bonchev–Trinajstić information content (AvgIpc) is 3.33. The summed E-state index contributed by atoms with van der Waals surface area (Å²) in [4.78, 5) is 23.9. The maximum atomic E-state index is 12.3. The van der Waals surface area contributed by atoms with Crippen LogP contribution in [0.4, 0.5) is 16.2 Å². The van der Waals surface area contributed by atoms with E-state index in [0.29, 0.717) is 18.7 Å². The van der Waals surface area contributed by atoms with Crippen LogP contribution in [0, 0.1) is 18.3 Å². The Bertz CT molecular complexity index is 1290. The van der Waals surface area contributed by atoms with Crippen LogP contribution in [-0.2, 0) is 4.74 Å². The molecule has 8 heteroatoms. The van der Waals surface area contributed by atoms with Crippen molar-refractivity contribution in [2.75, 3.05) is 38.0 Å². The van der Waals surface area contributed by atoms with E-state index in [1.54, 1.807) is 17.3 Å². The van der Waals surface area contributed by atoms with Crippen molar-refractivity contribution in [1.29, 1.82) is 5.26 Å². The number of amides is 1. The molecule has 3 heterocycles. The van der Waals surface area contributed by atoms with Gasteiger partial charge in [-0.3, -0.25) is 9.88 Å². The Morgan fingerprint density at radius 3 is 2.72 bits per heavy atom. The number of fused-ring (bicyclic) bond motifs is 1. The lowest BCUT2D eigenvalue weighted by molar-refractivity contribution is 0.0146. The molecule has 0 unspecified atom stereocenters. The monoisotopic (exact) mass is 486 g/mol. The molecule has 1 aromatic carbocycles. The molecular formula is C28H34N6O2. The molecule has 0 bridgehead atoms. The van der Waals surface area contributed by atoms with Gasteiger partial charge in [0.15, 0.2) is 0 Å². The van der Waals surface area contributed by atoms with Crippen LogP contribution in [0.5, 0.6) is 0 Å². The molecule has 1 fully saturated rings. The number of aromatic amines is 1. The van der Waals surface area contributed by atoms with Crippen LogP contribution in [-0.4, -0.2) is 64.2 Å². The Balaban J connectivity index is 1.37. The molecule has 0 saturated carbocycles. The van der Waals surface area contributed by atoms with Crippen LogP contribution in [0.3, 0.4) is 0 Å². The highest BCUT2D eigenvalue weighted by Gasteiger charge is 2.25. The zero-order valence-corrected chi connectivity index (χ0v) is 21.5. The minimum absolute atomic E-state index is 0.238. The summed E-state index contributed by atoms with van der Waals surface area (Å²) >= 11 is 0. The van der Waals surface area contributed by atoms with Crippen molar-refractivity contribution in [3.8, 4) is 6.07 Å². The number of anilines is 2. The third-order valence-electron chi connectivity index (χ3n) is 6.29. The molecule has 1 aliphatic heterocycles. The zero-order chi connectivity index (χ0) is 25.7. The quantitative estimate of drug-likeness (QED) is 0.481. The number of nitrogens with zero attached hydrogens (tertiary/aromatic N) is 4. The summed E-state index contributed by atoms with van der Waals surface area (Å²) in [6, 6.07) is 8.38. The molecule has 1 saturated heterocycles. The Kier molecular flexibility index (Phi) is 7.61. The number of rotatable bonds is 6. The average molecular weight is 487 g/mol. The van der Waals surface area contributed by atoms with E-state index < -0.39 is 5.60 Å². The molecule has 1 amide bonds. The number of aromatic nitrogens is 2. The molecule has 0 atom stereocenters. The van der Waals surface area contributed by atoms with Gasteiger partial charge in [-0.25, -0.2) is 4.79 Å². The molecule has 36 heavy (non-hydrogen) atoms. The van der Waals surface area contributed by atoms with Gasteiger partial charge >= 0.3 is 6.09 Å². The van der Waals surface area contributed by atoms with E-state index in [-0.39, 0.29) is 6.09 Å². The lowest BCUT2D eigenvalue weighted by Crippen LogP contribution is -2.50. The predicted octanol–water partition coefficient (Wildman–Crippen LogP) is 5.44. The topological polar surface area (TPSA) is 97.3 Å². The number of pyridine rings is 1. The minimum Gasteiger partial charge on any atom is -0.444 e. The molecule has 188 valence electrons. The van der Waals surface area contributed by atoms with Gasteiger partial charge in [0, 0.05) is 73.5 Å². The first-order valence-electron chi connectivity index (χ1n) is 12.3. The summed E-state index contributed by atoms with van der Waals surface area (Å²) in [6.45, 7) is 11.6. The van der Waals surface area contributed by atoms with Gasteiger partial charge in [0.1, 0.15) is 11.7 Å². The van der Waals surface area contributed by atoms with E-state index in [1.807, 2.05) is 45.2 Å². The van der Waals surface area contributed by atoms with E-state index in [0.717, 1.165) is 59.5 Å². The Morgan fingerprint density at radius 2 is 2.00 bits per heavy atom. The molecule has 0 radical (unpaired) electrons. The predicted molar refractivity (Wildman–Crippen MR) is 143 cm³/mol. The van der Waals surface area contributed by atoms with Crippen LogP contribution < -0.4 is 5.32 Å². The number of carbonyl (C=O) groups excluding carboxylic acids is 1. The van der Waals surface area contributed by atoms with Crippen molar-refractivity contribution in [3.63, 3.8) is 0 Å². The van der Waals surface area contributed by atoms with Crippen molar-refractivity contribution >= 4 is 34.4 Å². The van der Waals surface area contributed by atoms with Gasteiger partial charge in [0.05, 0.1) is 11.3 Å². The molecule has 1 aliphatic rings. The summed E-state index contributed by atoms with van der Waals surface area (Å²) in [5.74, 6) is 0. The van der Waals surface area contributed by atoms with Gasteiger partial charge in [-0.15, -0.1) is 0 Å². The van der Waals surface area contributed by atoms with Gasteiger partial charge in [-0.1, -0.05) is 12.2 Å². The number of H-pyrrole nitrogens is 1. The molecular weight excluding hydrogens is 452 g/mol. The van der Waals surface area contributed by atoms with Crippen molar-refractivity contribution in [2.45, 2.75) is 39.7 Å². The highest BCUT2D eigenvalue weighted by molar-refractivity contribution is 5.89. The molecule has 2 N–H and O–H groups in total. The fraction of sp³-hybridized carbons (Fsp3) is 0.393. The van der Waals surface area contributed by atoms with Gasteiger partial charge in [-0.2, -0.15) is 5.26 Å². The highest BCUT2D eigenvalue weighted by atomic mass is 16.6. The number of hydrogen-bond acceptors (Lipinski definition) is 6. The maximum absolute atomic E-state index is 12.3. The number of ether oxygens (including phenoxy) is 1. The van der Waals surface area contributed by atoms with E-state index in [9.17, 15) is 10.1 Å². The van der Waals surface area contributed by atoms with E-state index >= 15 is 0 Å². The molecule has 2 aromatic heterocycles. The summed E-state index contributed by atoms with van der Waals surface area (Å²) < 4.78 is 5.48. The largest absolute Gasteiger partial charge is 0.444 e. The maximum Gasteiger partial charge on any atom is 0.410 e. The Morgan fingerprint density at radius 1 is 1.22 bits per heavy atom. The zero-order valence-electron chi connectivity index (χ0n) is 21.5. The van der Waals surface area contributed by atoms with Crippen molar-refractivity contribution in [3.05, 3.63) is 59.6 Å². The Hall–Kier alpha value is -3.83. The van der Waals surface area contributed by atoms with Gasteiger partial charge in [-0.05, 0) is 57.9 Å². The van der Waals surface area contributed by atoms with E-state index in [2.05, 4.69) is 45.3 Å². The second kappa shape index (κ2) is 10.8. The number of aryl methyl sites for hydroxylation is 1.